The molecule has 0 bridgehead atoms. The smallest absolute Gasteiger partial charge is 0.241 e. The molecule has 0 aliphatic carbocycles. The Balaban J connectivity index is 2.37. The van der Waals surface area contributed by atoms with Crippen LogP contribution >= 0.6 is 0 Å². The van der Waals surface area contributed by atoms with Gasteiger partial charge in [0.05, 0.1) is 6.04 Å². The van der Waals surface area contributed by atoms with E-state index in [0.29, 0.717) is 0 Å². The third-order valence-corrected chi connectivity index (χ3v) is 2.23. The Morgan fingerprint density at radius 1 is 1.44 bits per heavy atom. The molecule has 0 heterocycles. The number of hydrogen-bond donors (Lipinski definition) is 2. The lowest BCUT2D eigenvalue weighted by Crippen LogP contribution is -2.38. The van der Waals surface area contributed by atoms with Gasteiger partial charge in [-0.15, -0.1) is 6.58 Å². The Hall–Kier alpha value is -1.61. The predicted molar refractivity (Wildman–Crippen MR) is 67.4 cm³/mol. The third-order valence-electron chi connectivity index (χ3n) is 2.23. The maximum atomic E-state index is 11.7. The standard InChI is InChI=1S/C13H18N2O/c1-3-4-10-14-11(2)13(16)15-12-8-6-5-7-9-12/h3,5-9,11,14H,1,4,10H2,2H3,(H,15,16). The lowest BCUT2D eigenvalue weighted by atomic mass is 10.2. The van der Waals surface area contributed by atoms with Crippen molar-refractivity contribution in [2.24, 2.45) is 0 Å². The normalized spacial score (nSPS) is 11.8. The summed E-state index contributed by atoms with van der Waals surface area (Å²) in [4.78, 5) is 11.7. The quantitative estimate of drug-likeness (QED) is 0.567. The van der Waals surface area contributed by atoms with Gasteiger partial charge in [-0.25, -0.2) is 0 Å². The summed E-state index contributed by atoms with van der Waals surface area (Å²) in [5, 5.41) is 5.96. The minimum Gasteiger partial charge on any atom is -0.325 e. The molecule has 0 radical (unpaired) electrons. The van der Waals surface area contributed by atoms with E-state index in [4.69, 9.17) is 0 Å². The van der Waals surface area contributed by atoms with E-state index >= 15 is 0 Å². The van der Waals surface area contributed by atoms with Crippen LogP contribution in [0, 0.1) is 0 Å². The maximum absolute atomic E-state index is 11.7. The summed E-state index contributed by atoms with van der Waals surface area (Å²) in [6.45, 7) is 6.25. The lowest BCUT2D eigenvalue weighted by Gasteiger charge is -2.13. The molecule has 1 rings (SSSR count). The van der Waals surface area contributed by atoms with Crippen LogP contribution in [0.5, 0.6) is 0 Å². The van der Waals surface area contributed by atoms with E-state index in [0.717, 1.165) is 18.7 Å². The van der Waals surface area contributed by atoms with Gasteiger partial charge in [0.25, 0.3) is 0 Å². The highest BCUT2D eigenvalue weighted by Crippen LogP contribution is 2.05. The van der Waals surface area contributed by atoms with Crippen LogP contribution in [0.1, 0.15) is 13.3 Å². The highest BCUT2D eigenvalue weighted by atomic mass is 16.2. The zero-order valence-electron chi connectivity index (χ0n) is 9.57. The van der Waals surface area contributed by atoms with Crippen LogP contribution in [0.4, 0.5) is 5.69 Å². The fraction of sp³-hybridized carbons (Fsp3) is 0.308. The number of carbonyl (C=O) groups is 1. The first-order chi connectivity index (χ1) is 7.74. The molecule has 0 aliphatic rings. The number of anilines is 1. The Morgan fingerprint density at radius 2 is 2.12 bits per heavy atom. The molecule has 16 heavy (non-hydrogen) atoms. The van der Waals surface area contributed by atoms with Crippen LogP contribution < -0.4 is 10.6 Å². The Kier molecular flexibility index (Phi) is 5.29. The number of nitrogens with one attached hydrogen (secondary N) is 2. The van der Waals surface area contributed by atoms with Crippen molar-refractivity contribution in [3.05, 3.63) is 43.0 Å². The summed E-state index contributed by atoms with van der Waals surface area (Å²) < 4.78 is 0. The molecule has 1 aromatic carbocycles. The molecule has 3 nitrogen and oxygen atoms in total. The molecule has 1 amide bonds. The van der Waals surface area contributed by atoms with Crippen LogP contribution in [0.25, 0.3) is 0 Å². The second-order valence-corrected chi connectivity index (χ2v) is 3.61. The molecule has 1 atom stereocenters. The second-order valence-electron chi connectivity index (χ2n) is 3.61. The van der Waals surface area contributed by atoms with Crippen molar-refractivity contribution in [2.45, 2.75) is 19.4 Å². The van der Waals surface area contributed by atoms with Gasteiger partial charge in [-0.2, -0.15) is 0 Å². The lowest BCUT2D eigenvalue weighted by molar-refractivity contribution is -0.117. The van der Waals surface area contributed by atoms with Gasteiger partial charge in [0, 0.05) is 5.69 Å². The Bertz CT molecular complexity index is 335. The second kappa shape index (κ2) is 6.80. The molecule has 0 spiro atoms. The predicted octanol–water partition coefficient (Wildman–Crippen LogP) is 2.18. The average Bonchev–Trinajstić information content (AvgIpc) is 2.30. The SMILES string of the molecule is C=CCCNC(C)C(=O)Nc1ccccc1. The monoisotopic (exact) mass is 218 g/mol. The van der Waals surface area contributed by atoms with E-state index in [1.807, 2.05) is 43.3 Å². The highest BCUT2D eigenvalue weighted by molar-refractivity contribution is 5.94. The first-order valence-corrected chi connectivity index (χ1v) is 5.44. The van der Waals surface area contributed by atoms with E-state index in [-0.39, 0.29) is 11.9 Å². The van der Waals surface area contributed by atoms with Gasteiger partial charge in [-0.3, -0.25) is 4.79 Å². The van der Waals surface area contributed by atoms with Gasteiger partial charge in [0.2, 0.25) is 5.91 Å². The van der Waals surface area contributed by atoms with E-state index in [1.165, 1.54) is 0 Å². The minimum atomic E-state index is -0.194. The van der Waals surface area contributed by atoms with Crippen LogP contribution in [0.15, 0.2) is 43.0 Å². The first-order valence-electron chi connectivity index (χ1n) is 5.44. The van der Waals surface area contributed by atoms with E-state index in [1.54, 1.807) is 0 Å². The molecule has 0 fully saturated rings. The summed E-state index contributed by atoms with van der Waals surface area (Å²) in [6.07, 6.45) is 2.69. The molecule has 3 heteroatoms. The average molecular weight is 218 g/mol. The first kappa shape index (κ1) is 12.5. The van der Waals surface area contributed by atoms with Crippen LogP contribution in [-0.4, -0.2) is 18.5 Å². The topological polar surface area (TPSA) is 41.1 Å². The van der Waals surface area contributed by atoms with E-state index < -0.39 is 0 Å². The zero-order valence-corrected chi connectivity index (χ0v) is 9.57. The molecule has 2 N–H and O–H groups in total. The molecule has 1 unspecified atom stereocenters. The highest BCUT2D eigenvalue weighted by Gasteiger charge is 2.10. The summed E-state index contributed by atoms with van der Waals surface area (Å²) >= 11 is 0. The van der Waals surface area contributed by atoms with Gasteiger partial charge in [-0.05, 0) is 32.0 Å². The molecular weight excluding hydrogens is 200 g/mol. The molecule has 0 aromatic heterocycles. The third kappa shape index (κ3) is 4.28. The minimum absolute atomic E-state index is 0.0183. The molecule has 0 saturated carbocycles. The summed E-state index contributed by atoms with van der Waals surface area (Å²) in [5.41, 5.74) is 0.824. The molecule has 0 aliphatic heterocycles. The number of hydrogen-bond acceptors (Lipinski definition) is 2. The molecule has 0 saturated heterocycles. The number of para-hydroxylation sites is 1. The number of benzene rings is 1. The number of carbonyl (C=O) groups excluding carboxylic acids is 1. The van der Waals surface area contributed by atoms with Crippen molar-refractivity contribution in [1.29, 1.82) is 0 Å². The van der Waals surface area contributed by atoms with Crippen molar-refractivity contribution in [2.75, 3.05) is 11.9 Å². The van der Waals surface area contributed by atoms with E-state index in [9.17, 15) is 4.79 Å². The van der Waals surface area contributed by atoms with Gasteiger partial charge in [0.15, 0.2) is 0 Å². The van der Waals surface area contributed by atoms with Gasteiger partial charge < -0.3 is 10.6 Å². The van der Waals surface area contributed by atoms with Crippen molar-refractivity contribution in [3.8, 4) is 0 Å². The number of rotatable bonds is 6. The van der Waals surface area contributed by atoms with E-state index in [2.05, 4.69) is 17.2 Å². The van der Waals surface area contributed by atoms with Crippen LogP contribution in [0.2, 0.25) is 0 Å². The van der Waals surface area contributed by atoms with Crippen molar-refractivity contribution >= 4 is 11.6 Å². The molecular formula is C13H18N2O. The fourth-order valence-corrected chi connectivity index (χ4v) is 1.27. The van der Waals surface area contributed by atoms with Crippen molar-refractivity contribution in [3.63, 3.8) is 0 Å². The van der Waals surface area contributed by atoms with Crippen molar-refractivity contribution < 1.29 is 4.79 Å². The van der Waals surface area contributed by atoms with Crippen molar-refractivity contribution in [1.82, 2.24) is 5.32 Å². The number of amides is 1. The van der Waals surface area contributed by atoms with Gasteiger partial charge in [0.1, 0.15) is 0 Å². The summed E-state index contributed by atoms with van der Waals surface area (Å²) in [7, 11) is 0. The van der Waals surface area contributed by atoms with Gasteiger partial charge in [-0.1, -0.05) is 24.3 Å². The van der Waals surface area contributed by atoms with Crippen LogP contribution in [0.3, 0.4) is 0 Å². The fourth-order valence-electron chi connectivity index (χ4n) is 1.27. The Morgan fingerprint density at radius 3 is 2.75 bits per heavy atom. The van der Waals surface area contributed by atoms with Crippen LogP contribution in [-0.2, 0) is 4.79 Å². The summed E-state index contributed by atoms with van der Waals surface area (Å²) in [5.74, 6) is -0.0183. The molecule has 86 valence electrons. The largest absolute Gasteiger partial charge is 0.325 e. The van der Waals surface area contributed by atoms with Gasteiger partial charge >= 0.3 is 0 Å². The Labute approximate surface area is 96.6 Å². The molecule has 1 aromatic rings. The summed E-state index contributed by atoms with van der Waals surface area (Å²) in [6, 6.07) is 9.25. The maximum Gasteiger partial charge on any atom is 0.241 e. The zero-order chi connectivity index (χ0) is 11.8.